The molecule has 0 fully saturated rings. The van der Waals surface area contributed by atoms with Gasteiger partial charge in [-0.25, -0.2) is 10.3 Å². The van der Waals surface area contributed by atoms with E-state index in [0.717, 1.165) is 0 Å². The maximum absolute atomic E-state index is 11.2. The lowest BCUT2D eigenvalue weighted by Gasteiger charge is -1.99. The van der Waals surface area contributed by atoms with Gasteiger partial charge < -0.3 is 5.11 Å². The van der Waals surface area contributed by atoms with Gasteiger partial charge in [-0.1, -0.05) is 12.1 Å². The molecule has 1 rings (SSSR count). The summed E-state index contributed by atoms with van der Waals surface area (Å²) < 4.78 is 0. The van der Waals surface area contributed by atoms with Gasteiger partial charge in [0.25, 0.3) is 5.91 Å². The summed E-state index contributed by atoms with van der Waals surface area (Å²) >= 11 is 0. The van der Waals surface area contributed by atoms with E-state index in [-0.39, 0.29) is 0 Å². The van der Waals surface area contributed by atoms with E-state index in [2.05, 4.69) is 4.84 Å². The van der Waals surface area contributed by atoms with Crippen LogP contribution in [-0.2, 0) is 14.4 Å². The summed E-state index contributed by atoms with van der Waals surface area (Å²) in [7, 11) is 0. The van der Waals surface area contributed by atoms with Crippen LogP contribution < -0.4 is 5.48 Å². The number of carboxylic acid groups (broad SMARTS) is 1. The monoisotopic (exact) mass is 246 g/mol. The van der Waals surface area contributed by atoms with Crippen LogP contribution in [0.25, 0.3) is 6.08 Å². The summed E-state index contributed by atoms with van der Waals surface area (Å²) in [6, 6.07) is 8.65. The molecule has 0 aliphatic rings. The van der Waals surface area contributed by atoms with E-state index in [1.54, 1.807) is 24.3 Å². The zero-order valence-corrected chi connectivity index (χ0v) is 9.29. The van der Waals surface area contributed by atoms with Crippen LogP contribution in [0.15, 0.2) is 30.3 Å². The Hall–Kier alpha value is -2.65. The summed E-state index contributed by atoms with van der Waals surface area (Å²) in [6.45, 7) is -0.608. The predicted molar refractivity (Wildman–Crippen MR) is 61.9 cm³/mol. The molecule has 1 amide bonds. The fourth-order valence-electron chi connectivity index (χ4n) is 1.09. The van der Waals surface area contributed by atoms with Crippen molar-refractivity contribution in [3.8, 4) is 6.07 Å². The minimum Gasteiger partial charge on any atom is -0.479 e. The number of nitriles is 1. The molecule has 0 aliphatic heterocycles. The first kappa shape index (κ1) is 13.4. The maximum Gasteiger partial charge on any atom is 0.332 e. The Balaban J connectivity index is 2.50. The summed E-state index contributed by atoms with van der Waals surface area (Å²) in [6.07, 6.45) is 2.67. The fourth-order valence-corrected chi connectivity index (χ4v) is 1.09. The number of nitrogens with zero attached hydrogens (tertiary/aromatic N) is 1. The Morgan fingerprint density at radius 1 is 1.50 bits per heavy atom. The molecule has 0 aliphatic carbocycles. The van der Waals surface area contributed by atoms with Crippen molar-refractivity contribution in [3.63, 3.8) is 0 Å². The number of nitrogens with one attached hydrogen (secondary N) is 1. The Kier molecular flexibility index (Phi) is 5.09. The lowest BCUT2D eigenvalue weighted by Crippen LogP contribution is -2.24. The summed E-state index contributed by atoms with van der Waals surface area (Å²) in [5.41, 5.74) is 3.11. The van der Waals surface area contributed by atoms with E-state index in [1.165, 1.54) is 12.2 Å². The molecule has 6 nitrogen and oxygen atoms in total. The van der Waals surface area contributed by atoms with Crippen LogP contribution in [-0.4, -0.2) is 23.6 Å². The molecule has 0 heterocycles. The third kappa shape index (κ3) is 4.92. The zero-order chi connectivity index (χ0) is 13.4. The molecule has 0 aromatic heterocycles. The minimum atomic E-state index is -1.18. The van der Waals surface area contributed by atoms with E-state index in [1.807, 2.05) is 11.5 Å². The molecular formula is C12H10N2O4. The third-order valence-electron chi connectivity index (χ3n) is 1.81. The average Bonchev–Trinajstić information content (AvgIpc) is 2.36. The van der Waals surface area contributed by atoms with Crippen LogP contribution in [0.3, 0.4) is 0 Å². The number of rotatable bonds is 5. The van der Waals surface area contributed by atoms with Gasteiger partial charge in [-0.3, -0.25) is 9.63 Å². The molecular weight excluding hydrogens is 236 g/mol. The van der Waals surface area contributed by atoms with Crippen LogP contribution in [0, 0.1) is 11.3 Å². The van der Waals surface area contributed by atoms with Gasteiger partial charge in [-0.05, 0) is 23.8 Å². The smallest absolute Gasteiger partial charge is 0.332 e. The quantitative estimate of drug-likeness (QED) is 0.588. The molecule has 0 saturated carbocycles. The first-order chi connectivity index (χ1) is 8.61. The van der Waals surface area contributed by atoms with E-state index in [0.29, 0.717) is 11.1 Å². The van der Waals surface area contributed by atoms with Crippen molar-refractivity contribution in [3.05, 3.63) is 41.5 Å². The van der Waals surface area contributed by atoms with E-state index < -0.39 is 18.5 Å². The van der Waals surface area contributed by atoms with Gasteiger partial charge in [0.2, 0.25) is 0 Å². The Labute approximate surface area is 103 Å². The highest BCUT2D eigenvalue weighted by molar-refractivity contribution is 5.91. The van der Waals surface area contributed by atoms with Crippen LogP contribution in [0.5, 0.6) is 0 Å². The van der Waals surface area contributed by atoms with E-state index >= 15 is 0 Å². The summed E-state index contributed by atoms with van der Waals surface area (Å²) in [4.78, 5) is 25.7. The van der Waals surface area contributed by atoms with Gasteiger partial charge in [-0.2, -0.15) is 5.26 Å². The van der Waals surface area contributed by atoms with Crippen LogP contribution in [0.1, 0.15) is 11.1 Å². The number of carboxylic acids is 1. The first-order valence-electron chi connectivity index (χ1n) is 4.93. The number of aliphatic carboxylic acids is 1. The standard InChI is InChI=1S/C12H10N2O4/c13-7-10-3-1-2-9(6-10)4-5-11(15)14-18-8-12(16)17/h1-6H,8H2,(H,14,15)(H,16,17). The van der Waals surface area contributed by atoms with Gasteiger partial charge in [0.1, 0.15) is 0 Å². The molecule has 0 atom stereocenters. The topological polar surface area (TPSA) is 99.4 Å². The Bertz CT molecular complexity index is 517. The number of hydrogen-bond donors (Lipinski definition) is 2. The van der Waals surface area contributed by atoms with E-state index in [4.69, 9.17) is 10.4 Å². The number of hydrogen-bond acceptors (Lipinski definition) is 4. The number of hydroxylamine groups is 1. The number of benzene rings is 1. The third-order valence-corrected chi connectivity index (χ3v) is 1.81. The number of carbonyl (C=O) groups is 2. The zero-order valence-electron chi connectivity index (χ0n) is 9.29. The normalized spacial score (nSPS) is 9.94. The van der Waals surface area contributed by atoms with Crippen molar-refractivity contribution in [2.24, 2.45) is 0 Å². The second kappa shape index (κ2) is 6.83. The van der Waals surface area contributed by atoms with Gasteiger partial charge in [0.15, 0.2) is 6.61 Å². The van der Waals surface area contributed by atoms with Crippen molar-refractivity contribution < 1.29 is 19.5 Å². The highest BCUT2D eigenvalue weighted by atomic mass is 16.7. The Morgan fingerprint density at radius 2 is 2.28 bits per heavy atom. The molecule has 1 aromatic carbocycles. The minimum absolute atomic E-state index is 0.486. The first-order valence-corrected chi connectivity index (χ1v) is 4.93. The molecule has 6 heteroatoms. The van der Waals surface area contributed by atoms with Crippen molar-refractivity contribution in [2.75, 3.05) is 6.61 Å². The van der Waals surface area contributed by atoms with Crippen LogP contribution in [0.2, 0.25) is 0 Å². The highest BCUT2D eigenvalue weighted by Crippen LogP contribution is 2.05. The molecule has 92 valence electrons. The molecule has 0 radical (unpaired) electrons. The molecule has 2 N–H and O–H groups in total. The number of carbonyl (C=O) groups excluding carboxylic acids is 1. The van der Waals surface area contributed by atoms with E-state index in [9.17, 15) is 9.59 Å². The molecule has 0 saturated heterocycles. The molecule has 0 bridgehead atoms. The maximum atomic E-state index is 11.2. The Morgan fingerprint density at radius 3 is 2.94 bits per heavy atom. The highest BCUT2D eigenvalue weighted by Gasteiger charge is 1.99. The molecule has 0 unspecified atom stereocenters. The van der Waals surface area contributed by atoms with Gasteiger partial charge >= 0.3 is 5.97 Å². The van der Waals surface area contributed by atoms with Crippen LogP contribution in [0.4, 0.5) is 0 Å². The van der Waals surface area contributed by atoms with Crippen molar-refractivity contribution in [1.82, 2.24) is 5.48 Å². The molecule has 18 heavy (non-hydrogen) atoms. The van der Waals surface area contributed by atoms with Crippen LogP contribution >= 0.6 is 0 Å². The molecule has 1 aromatic rings. The second-order valence-corrected chi connectivity index (χ2v) is 3.22. The largest absolute Gasteiger partial charge is 0.479 e. The molecule has 0 spiro atoms. The summed E-state index contributed by atoms with van der Waals surface area (Å²) in [5.74, 6) is -1.76. The van der Waals surface area contributed by atoms with Gasteiger partial charge in [0, 0.05) is 6.08 Å². The lowest BCUT2D eigenvalue weighted by atomic mass is 10.1. The van der Waals surface area contributed by atoms with Gasteiger partial charge in [0.05, 0.1) is 11.6 Å². The van der Waals surface area contributed by atoms with Crippen molar-refractivity contribution >= 4 is 18.0 Å². The van der Waals surface area contributed by atoms with Crippen molar-refractivity contribution in [1.29, 1.82) is 5.26 Å². The second-order valence-electron chi connectivity index (χ2n) is 3.22. The van der Waals surface area contributed by atoms with Gasteiger partial charge in [-0.15, -0.1) is 0 Å². The number of amides is 1. The SMILES string of the molecule is N#Cc1cccc(C=CC(=O)NOCC(=O)O)c1. The lowest BCUT2D eigenvalue weighted by molar-refractivity contribution is -0.147. The summed E-state index contributed by atoms with van der Waals surface area (Å²) in [5, 5.41) is 16.9. The fraction of sp³-hybridized carbons (Fsp3) is 0.0833. The predicted octanol–water partition coefficient (Wildman–Crippen LogP) is 0.704. The average molecular weight is 246 g/mol. The van der Waals surface area contributed by atoms with Crippen molar-refractivity contribution in [2.45, 2.75) is 0 Å².